The molecular formula is C39H44ClN3O4S. The van der Waals surface area contributed by atoms with Gasteiger partial charge in [0.2, 0.25) is 11.8 Å². The fourth-order valence-electron chi connectivity index (χ4n) is 6.16. The lowest BCUT2D eigenvalue weighted by Crippen LogP contribution is -2.55. The van der Waals surface area contributed by atoms with Crippen LogP contribution in [0.2, 0.25) is 5.02 Å². The average molecular weight is 686 g/mol. The molecule has 252 valence electrons. The van der Waals surface area contributed by atoms with Gasteiger partial charge < -0.3 is 10.2 Å². The highest BCUT2D eigenvalue weighted by Gasteiger charge is 2.35. The molecule has 1 N–H and O–H groups in total. The number of aryl methyl sites for hydroxylation is 3. The Balaban J connectivity index is 1.58. The van der Waals surface area contributed by atoms with E-state index in [1.165, 1.54) is 4.90 Å². The number of rotatable bonds is 12. The normalized spacial score (nSPS) is 14.2. The number of anilines is 1. The molecule has 0 heterocycles. The highest BCUT2D eigenvalue weighted by molar-refractivity contribution is 7.92. The number of benzene rings is 4. The Bertz CT molecular complexity index is 1820. The number of halogens is 1. The van der Waals surface area contributed by atoms with Gasteiger partial charge in [-0.05, 0) is 86.2 Å². The number of nitrogens with zero attached hydrogens (tertiary/aromatic N) is 2. The molecule has 9 heteroatoms. The molecule has 2 amide bonds. The number of hydrogen-bond donors (Lipinski definition) is 1. The monoisotopic (exact) mass is 685 g/mol. The van der Waals surface area contributed by atoms with E-state index in [4.69, 9.17) is 11.6 Å². The van der Waals surface area contributed by atoms with E-state index in [1.54, 1.807) is 42.5 Å². The Labute approximate surface area is 290 Å². The number of sulfonamides is 1. The lowest BCUT2D eigenvalue weighted by atomic mass is 9.94. The van der Waals surface area contributed by atoms with Crippen LogP contribution >= 0.6 is 11.6 Å². The van der Waals surface area contributed by atoms with Crippen LogP contribution in [-0.4, -0.2) is 43.8 Å². The molecule has 0 spiro atoms. The molecule has 48 heavy (non-hydrogen) atoms. The van der Waals surface area contributed by atoms with E-state index in [9.17, 15) is 18.0 Å². The van der Waals surface area contributed by atoms with Crippen LogP contribution in [0.1, 0.15) is 59.9 Å². The van der Waals surface area contributed by atoms with Gasteiger partial charge in [-0.25, -0.2) is 8.42 Å². The van der Waals surface area contributed by atoms with Gasteiger partial charge in [0.15, 0.2) is 0 Å². The standard InChI is InChI=1S/C39H44ClN3O4S/c1-28-18-22-35(23-19-28)48(46,47)43(34-21-20-29(2)30(3)24-34)27-38(44)42(26-32-14-10-11-17-36(32)40)37(25-31-12-6-4-7-13-31)39(45)41-33-15-8-5-9-16-33/h4,6-7,10-14,17-24,33,37H,5,8-9,15-16,25-27H2,1-3H3,(H,41,45). The minimum atomic E-state index is -4.18. The van der Waals surface area contributed by atoms with Crippen LogP contribution in [0.4, 0.5) is 5.69 Å². The molecule has 7 nitrogen and oxygen atoms in total. The molecule has 1 saturated carbocycles. The van der Waals surface area contributed by atoms with Crippen LogP contribution in [0.3, 0.4) is 0 Å². The molecule has 0 aliphatic heterocycles. The smallest absolute Gasteiger partial charge is 0.264 e. The van der Waals surface area contributed by atoms with Gasteiger partial charge in [0.25, 0.3) is 10.0 Å². The van der Waals surface area contributed by atoms with Crippen molar-refractivity contribution in [1.82, 2.24) is 10.2 Å². The SMILES string of the molecule is Cc1ccc(S(=O)(=O)N(CC(=O)N(Cc2ccccc2Cl)C(Cc2ccccc2)C(=O)NC2CCCCC2)c2ccc(C)c(C)c2)cc1. The molecule has 1 atom stereocenters. The van der Waals surface area contributed by atoms with E-state index in [1.807, 2.05) is 75.4 Å². The summed E-state index contributed by atoms with van der Waals surface area (Å²) >= 11 is 6.63. The first-order valence-corrected chi connectivity index (χ1v) is 18.4. The van der Waals surface area contributed by atoms with E-state index < -0.39 is 28.5 Å². The van der Waals surface area contributed by atoms with Crippen molar-refractivity contribution < 1.29 is 18.0 Å². The van der Waals surface area contributed by atoms with E-state index in [0.717, 1.165) is 58.7 Å². The number of amides is 2. The molecule has 0 bridgehead atoms. The summed E-state index contributed by atoms with van der Waals surface area (Å²) in [6.45, 7) is 5.27. The van der Waals surface area contributed by atoms with Crippen LogP contribution < -0.4 is 9.62 Å². The number of nitrogens with one attached hydrogen (secondary N) is 1. The van der Waals surface area contributed by atoms with Crippen molar-refractivity contribution in [1.29, 1.82) is 0 Å². The predicted molar refractivity (Wildman–Crippen MR) is 193 cm³/mol. The lowest BCUT2D eigenvalue weighted by molar-refractivity contribution is -0.140. The van der Waals surface area contributed by atoms with E-state index in [2.05, 4.69) is 5.32 Å². The quantitative estimate of drug-likeness (QED) is 0.167. The zero-order valence-electron chi connectivity index (χ0n) is 27.9. The van der Waals surface area contributed by atoms with Gasteiger partial charge in [-0.3, -0.25) is 13.9 Å². The number of carbonyl (C=O) groups is 2. The molecule has 0 radical (unpaired) electrons. The topological polar surface area (TPSA) is 86.8 Å². The predicted octanol–water partition coefficient (Wildman–Crippen LogP) is 7.55. The molecule has 4 aromatic carbocycles. The second kappa shape index (κ2) is 15.8. The van der Waals surface area contributed by atoms with Gasteiger partial charge in [0, 0.05) is 24.0 Å². The van der Waals surface area contributed by atoms with Crippen molar-refractivity contribution >= 4 is 39.1 Å². The molecular weight excluding hydrogens is 642 g/mol. The number of hydrogen-bond acceptors (Lipinski definition) is 4. The summed E-state index contributed by atoms with van der Waals surface area (Å²) < 4.78 is 29.8. The Hall–Kier alpha value is -4.14. The first-order valence-electron chi connectivity index (χ1n) is 16.6. The summed E-state index contributed by atoms with van der Waals surface area (Å²) in [7, 11) is -4.18. The van der Waals surface area contributed by atoms with Crippen molar-refractivity contribution in [3.05, 3.63) is 130 Å². The third-order valence-corrected chi connectivity index (χ3v) is 11.3. The second-order valence-electron chi connectivity index (χ2n) is 12.8. The molecule has 4 aromatic rings. The van der Waals surface area contributed by atoms with Crippen molar-refractivity contribution in [3.63, 3.8) is 0 Å². The van der Waals surface area contributed by atoms with Gasteiger partial charge >= 0.3 is 0 Å². The highest BCUT2D eigenvalue weighted by Crippen LogP contribution is 2.28. The van der Waals surface area contributed by atoms with E-state index in [-0.39, 0.29) is 29.8 Å². The maximum atomic E-state index is 14.8. The summed E-state index contributed by atoms with van der Waals surface area (Å²) in [5, 5.41) is 3.70. The highest BCUT2D eigenvalue weighted by atomic mass is 35.5. The third kappa shape index (κ3) is 8.65. The van der Waals surface area contributed by atoms with Crippen LogP contribution in [-0.2, 0) is 32.6 Å². The third-order valence-electron chi connectivity index (χ3n) is 9.19. The molecule has 1 aliphatic carbocycles. The van der Waals surface area contributed by atoms with Crippen LogP contribution in [0.5, 0.6) is 0 Å². The maximum absolute atomic E-state index is 14.8. The fourth-order valence-corrected chi connectivity index (χ4v) is 7.76. The van der Waals surface area contributed by atoms with Gasteiger partial charge in [0.05, 0.1) is 10.6 Å². The minimum absolute atomic E-state index is 0.0238. The molecule has 1 unspecified atom stereocenters. The molecule has 5 rings (SSSR count). The van der Waals surface area contributed by atoms with Crippen molar-refractivity contribution in [2.45, 2.75) is 82.8 Å². The van der Waals surface area contributed by atoms with Crippen molar-refractivity contribution in [2.24, 2.45) is 0 Å². The zero-order valence-corrected chi connectivity index (χ0v) is 29.4. The van der Waals surface area contributed by atoms with Crippen LogP contribution in [0.15, 0.2) is 102 Å². The van der Waals surface area contributed by atoms with E-state index >= 15 is 0 Å². The van der Waals surface area contributed by atoms with Crippen molar-refractivity contribution in [3.8, 4) is 0 Å². The van der Waals surface area contributed by atoms with E-state index in [0.29, 0.717) is 16.3 Å². The van der Waals surface area contributed by atoms with Crippen LogP contribution in [0.25, 0.3) is 0 Å². The molecule has 0 saturated heterocycles. The molecule has 1 fully saturated rings. The Morgan fingerprint density at radius 2 is 1.50 bits per heavy atom. The number of carbonyl (C=O) groups excluding carboxylic acids is 2. The Kier molecular flexibility index (Phi) is 11.6. The Morgan fingerprint density at radius 3 is 2.17 bits per heavy atom. The first-order chi connectivity index (χ1) is 23.0. The van der Waals surface area contributed by atoms with Crippen molar-refractivity contribution in [2.75, 3.05) is 10.8 Å². The summed E-state index contributed by atoms with van der Waals surface area (Å²) in [5.41, 5.74) is 4.73. The van der Waals surface area contributed by atoms with Gasteiger partial charge in [-0.15, -0.1) is 0 Å². The van der Waals surface area contributed by atoms with Gasteiger partial charge in [0.1, 0.15) is 12.6 Å². The Morgan fingerprint density at radius 1 is 0.833 bits per heavy atom. The van der Waals surface area contributed by atoms with Gasteiger partial charge in [-0.1, -0.05) is 103 Å². The maximum Gasteiger partial charge on any atom is 0.264 e. The van der Waals surface area contributed by atoms with Gasteiger partial charge in [-0.2, -0.15) is 0 Å². The zero-order chi connectivity index (χ0) is 34.3. The largest absolute Gasteiger partial charge is 0.352 e. The lowest BCUT2D eigenvalue weighted by Gasteiger charge is -2.35. The summed E-state index contributed by atoms with van der Waals surface area (Å²) in [4.78, 5) is 30.6. The minimum Gasteiger partial charge on any atom is -0.352 e. The summed E-state index contributed by atoms with van der Waals surface area (Å²) in [6.07, 6.45) is 5.25. The summed E-state index contributed by atoms with van der Waals surface area (Å²) in [6, 6.07) is 27.8. The fraction of sp³-hybridized carbons (Fsp3) is 0.333. The second-order valence-corrected chi connectivity index (χ2v) is 15.0. The molecule has 1 aliphatic rings. The molecule has 0 aromatic heterocycles. The first kappa shape index (κ1) is 35.2. The average Bonchev–Trinajstić information content (AvgIpc) is 3.08. The summed E-state index contributed by atoms with van der Waals surface area (Å²) in [5.74, 6) is -0.770. The van der Waals surface area contributed by atoms with Crippen LogP contribution in [0, 0.1) is 20.8 Å².